The van der Waals surface area contributed by atoms with E-state index >= 15 is 0 Å². The zero-order valence-electron chi connectivity index (χ0n) is 13.9. The summed E-state index contributed by atoms with van der Waals surface area (Å²) in [6.45, 7) is 6.23. The molecular weight excluding hydrogens is 304 g/mol. The lowest BCUT2D eigenvalue weighted by atomic mass is 10.1. The molecule has 1 amide bonds. The van der Waals surface area contributed by atoms with Gasteiger partial charge in [0.25, 0.3) is 11.5 Å². The van der Waals surface area contributed by atoms with E-state index in [1.54, 1.807) is 0 Å². The molecule has 0 saturated carbocycles. The number of aromatic nitrogens is 2. The van der Waals surface area contributed by atoms with E-state index in [4.69, 9.17) is 0 Å². The minimum Gasteiger partial charge on any atom is -0.336 e. The molecule has 3 rings (SSSR count). The van der Waals surface area contributed by atoms with Crippen molar-refractivity contribution in [2.45, 2.75) is 19.9 Å². The van der Waals surface area contributed by atoms with Gasteiger partial charge < -0.3 is 4.90 Å². The molecule has 2 aromatic rings. The number of aryl methyl sites for hydroxylation is 1. The molecule has 2 heterocycles. The van der Waals surface area contributed by atoms with Crippen molar-refractivity contribution in [2.24, 2.45) is 0 Å². The van der Waals surface area contributed by atoms with Crippen LogP contribution >= 0.6 is 0 Å². The van der Waals surface area contributed by atoms with Crippen molar-refractivity contribution in [1.29, 1.82) is 0 Å². The second-order valence-corrected chi connectivity index (χ2v) is 6.15. The molecule has 1 aliphatic rings. The third-order valence-corrected chi connectivity index (χ3v) is 4.43. The lowest BCUT2D eigenvalue weighted by Gasteiger charge is -2.22. The lowest BCUT2D eigenvalue weighted by Crippen LogP contribution is -2.36. The Kier molecular flexibility index (Phi) is 5.05. The van der Waals surface area contributed by atoms with Gasteiger partial charge in [-0.25, -0.2) is 5.10 Å². The van der Waals surface area contributed by atoms with Gasteiger partial charge in [0.15, 0.2) is 0 Å². The second-order valence-electron chi connectivity index (χ2n) is 6.15. The first-order valence-corrected chi connectivity index (χ1v) is 8.25. The Hall–Kier alpha value is -2.47. The smallest absolute Gasteiger partial charge is 0.274 e. The van der Waals surface area contributed by atoms with Crippen molar-refractivity contribution in [3.05, 3.63) is 63.6 Å². The van der Waals surface area contributed by atoms with Gasteiger partial charge in [-0.2, -0.15) is 5.10 Å². The first kappa shape index (κ1) is 16.4. The van der Waals surface area contributed by atoms with E-state index in [1.165, 1.54) is 23.3 Å². The summed E-state index contributed by atoms with van der Waals surface area (Å²) in [6, 6.07) is 11.2. The van der Waals surface area contributed by atoms with Crippen LogP contribution in [-0.2, 0) is 6.54 Å². The van der Waals surface area contributed by atoms with Crippen LogP contribution in [0.5, 0.6) is 0 Å². The van der Waals surface area contributed by atoms with Gasteiger partial charge in [0, 0.05) is 38.8 Å². The molecule has 1 aliphatic heterocycles. The molecule has 0 aliphatic carbocycles. The van der Waals surface area contributed by atoms with E-state index in [-0.39, 0.29) is 11.5 Å². The van der Waals surface area contributed by atoms with Gasteiger partial charge in [-0.05, 0) is 30.5 Å². The van der Waals surface area contributed by atoms with E-state index in [9.17, 15) is 9.59 Å². The molecule has 1 fully saturated rings. The molecule has 0 atom stereocenters. The van der Waals surface area contributed by atoms with E-state index in [1.807, 2.05) is 4.90 Å². The van der Waals surface area contributed by atoms with Crippen molar-refractivity contribution in [2.75, 3.05) is 26.2 Å². The molecule has 0 radical (unpaired) electrons. The summed E-state index contributed by atoms with van der Waals surface area (Å²) in [6.07, 6.45) is 0.932. The summed E-state index contributed by atoms with van der Waals surface area (Å²) in [5, 5.41) is 6.16. The summed E-state index contributed by atoms with van der Waals surface area (Å²) in [5.74, 6) is -0.121. The lowest BCUT2D eigenvalue weighted by molar-refractivity contribution is 0.0754. The van der Waals surface area contributed by atoms with Crippen LogP contribution in [0.2, 0.25) is 0 Å². The predicted octanol–water partition coefficient (Wildman–Crippen LogP) is 1.43. The molecule has 0 unspecified atom stereocenters. The number of aromatic amines is 1. The van der Waals surface area contributed by atoms with Gasteiger partial charge in [-0.1, -0.05) is 24.3 Å². The number of nitrogens with one attached hydrogen (secondary N) is 1. The first-order valence-electron chi connectivity index (χ1n) is 8.25. The molecule has 1 aromatic heterocycles. The minimum atomic E-state index is -0.299. The van der Waals surface area contributed by atoms with Gasteiger partial charge in [0.1, 0.15) is 5.69 Å². The molecular formula is C18H22N4O2. The monoisotopic (exact) mass is 326 g/mol. The Bertz CT molecular complexity index is 751. The van der Waals surface area contributed by atoms with Crippen LogP contribution in [0, 0.1) is 6.92 Å². The highest BCUT2D eigenvalue weighted by atomic mass is 16.2. The van der Waals surface area contributed by atoms with Crippen molar-refractivity contribution in [1.82, 2.24) is 20.0 Å². The summed E-state index contributed by atoms with van der Waals surface area (Å²) >= 11 is 0. The number of H-pyrrole nitrogens is 1. The fourth-order valence-electron chi connectivity index (χ4n) is 2.99. The number of carbonyl (C=O) groups is 1. The van der Waals surface area contributed by atoms with E-state index in [0.29, 0.717) is 18.8 Å². The minimum absolute atomic E-state index is 0.121. The normalized spacial score (nSPS) is 16.0. The standard InChI is InChI=1S/C18H22N4O2/c1-14-5-2-3-6-15(14)13-21-9-4-10-22(12-11-21)18(24)16-7-8-17(23)20-19-16/h2-3,5-8H,4,9-13H2,1H3,(H,20,23). The van der Waals surface area contributed by atoms with Crippen LogP contribution in [0.3, 0.4) is 0 Å². The summed E-state index contributed by atoms with van der Waals surface area (Å²) in [7, 11) is 0. The first-order chi connectivity index (χ1) is 11.6. The van der Waals surface area contributed by atoms with Gasteiger partial charge in [-0.15, -0.1) is 0 Å². The second kappa shape index (κ2) is 7.40. The molecule has 6 nitrogen and oxygen atoms in total. The van der Waals surface area contributed by atoms with E-state index in [2.05, 4.69) is 46.3 Å². The summed E-state index contributed by atoms with van der Waals surface area (Å²) in [5.41, 5.74) is 2.63. The molecule has 1 saturated heterocycles. The van der Waals surface area contributed by atoms with Crippen molar-refractivity contribution in [3.63, 3.8) is 0 Å². The quantitative estimate of drug-likeness (QED) is 0.926. The fourth-order valence-corrected chi connectivity index (χ4v) is 2.99. The van der Waals surface area contributed by atoms with Gasteiger partial charge in [-0.3, -0.25) is 14.5 Å². The molecule has 0 bridgehead atoms. The topological polar surface area (TPSA) is 69.3 Å². The average molecular weight is 326 g/mol. The Labute approximate surface area is 141 Å². The maximum atomic E-state index is 12.5. The maximum Gasteiger partial charge on any atom is 0.274 e. The third kappa shape index (κ3) is 3.89. The van der Waals surface area contributed by atoms with Crippen LogP contribution in [-0.4, -0.2) is 52.1 Å². The van der Waals surface area contributed by atoms with Gasteiger partial charge >= 0.3 is 0 Å². The summed E-state index contributed by atoms with van der Waals surface area (Å²) < 4.78 is 0. The Balaban J connectivity index is 1.62. The third-order valence-electron chi connectivity index (χ3n) is 4.43. The highest BCUT2D eigenvalue weighted by Crippen LogP contribution is 2.13. The van der Waals surface area contributed by atoms with Crippen molar-refractivity contribution in [3.8, 4) is 0 Å². The molecule has 126 valence electrons. The molecule has 24 heavy (non-hydrogen) atoms. The van der Waals surface area contributed by atoms with Crippen molar-refractivity contribution >= 4 is 5.91 Å². The number of carbonyl (C=O) groups excluding carboxylic acids is 1. The van der Waals surface area contributed by atoms with Gasteiger partial charge in [0.05, 0.1) is 0 Å². The molecule has 0 spiro atoms. The van der Waals surface area contributed by atoms with Crippen LogP contribution in [0.15, 0.2) is 41.2 Å². The molecule has 1 N–H and O–H groups in total. The maximum absolute atomic E-state index is 12.5. The largest absolute Gasteiger partial charge is 0.336 e. The predicted molar refractivity (Wildman–Crippen MR) is 91.8 cm³/mol. The van der Waals surface area contributed by atoms with E-state index in [0.717, 1.165) is 26.1 Å². The highest BCUT2D eigenvalue weighted by Gasteiger charge is 2.21. The van der Waals surface area contributed by atoms with Crippen molar-refractivity contribution < 1.29 is 4.79 Å². The number of rotatable bonds is 3. The fraction of sp³-hybridized carbons (Fsp3) is 0.389. The number of benzene rings is 1. The number of amides is 1. The SMILES string of the molecule is Cc1ccccc1CN1CCCN(C(=O)c2ccc(=O)[nH]n2)CC1. The number of hydrogen-bond acceptors (Lipinski definition) is 4. The summed E-state index contributed by atoms with van der Waals surface area (Å²) in [4.78, 5) is 27.8. The van der Waals surface area contributed by atoms with Crippen LogP contribution in [0.4, 0.5) is 0 Å². The Morgan fingerprint density at radius 3 is 2.71 bits per heavy atom. The van der Waals surface area contributed by atoms with Crippen LogP contribution in [0.25, 0.3) is 0 Å². The molecule has 1 aromatic carbocycles. The highest BCUT2D eigenvalue weighted by molar-refractivity contribution is 5.92. The number of hydrogen-bond donors (Lipinski definition) is 1. The zero-order chi connectivity index (χ0) is 16.9. The van der Waals surface area contributed by atoms with Crippen LogP contribution < -0.4 is 5.56 Å². The Morgan fingerprint density at radius 1 is 1.12 bits per heavy atom. The number of nitrogens with zero attached hydrogens (tertiary/aromatic N) is 3. The van der Waals surface area contributed by atoms with Gasteiger partial charge in [0.2, 0.25) is 0 Å². The average Bonchev–Trinajstić information content (AvgIpc) is 2.83. The van der Waals surface area contributed by atoms with Crippen LogP contribution in [0.1, 0.15) is 28.0 Å². The van der Waals surface area contributed by atoms with E-state index < -0.39 is 0 Å². The molecule has 6 heteroatoms. The Morgan fingerprint density at radius 2 is 1.96 bits per heavy atom. The zero-order valence-corrected chi connectivity index (χ0v) is 13.9.